The summed E-state index contributed by atoms with van der Waals surface area (Å²) in [6.07, 6.45) is -4.32. The molecule has 16 nitrogen and oxygen atoms in total. The molecule has 0 aromatic carbocycles. The number of ether oxygens (including phenoxy) is 9. The summed E-state index contributed by atoms with van der Waals surface area (Å²) in [6.45, 7) is 10.6. The highest BCUT2D eigenvalue weighted by Gasteiger charge is 2.48. The Balaban J connectivity index is 1.71. The highest BCUT2D eigenvalue weighted by Crippen LogP contribution is 2.36. The minimum atomic E-state index is -1.25. The third-order valence-corrected chi connectivity index (χ3v) is 12.0. The molecular formula is C42H69NO15. The molecule has 4 aliphatic rings. The Morgan fingerprint density at radius 1 is 0.862 bits per heavy atom. The molecule has 16 heteroatoms. The van der Waals surface area contributed by atoms with E-state index in [2.05, 4.69) is 0 Å². The van der Waals surface area contributed by atoms with Gasteiger partial charge in [-0.3, -0.25) is 14.4 Å². The molecule has 3 fully saturated rings. The van der Waals surface area contributed by atoms with E-state index in [9.17, 15) is 29.7 Å². The average Bonchev–Trinajstić information content (AvgIpc) is 3.20. The molecule has 2 unspecified atom stereocenters. The lowest BCUT2D eigenvalue weighted by atomic mass is 9.79. The zero-order valence-corrected chi connectivity index (χ0v) is 35.9. The van der Waals surface area contributed by atoms with Crippen molar-refractivity contribution in [3.63, 3.8) is 0 Å². The molecule has 3 saturated heterocycles. The topological polar surface area (TPSA) is 198 Å². The molecule has 2 bridgehead atoms. The number of carbonyl (C=O) groups excluding carboxylic acids is 3. The number of methoxy groups -OCH3 is 2. The number of nitrogens with zero attached hydrogens (tertiary/aromatic N) is 1. The lowest BCUT2D eigenvalue weighted by Crippen LogP contribution is -2.63. The van der Waals surface area contributed by atoms with Crippen molar-refractivity contribution in [3.8, 4) is 0 Å². The third kappa shape index (κ3) is 12.4. The van der Waals surface area contributed by atoms with Crippen molar-refractivity contribution >= 4 is 17.5 Å². The van der Waals surface area contributed by atoms with Crippen LogP contribution in [-0.2, 0) is 57.0 Å². The average molecular weight is 828 g/mol. The zero-order chi connectivity index (χ0) is 42.8. The summed E-state index contributed by atoms with van der Waals surface area (Å²) in [7, 11) is 6.47. The van der Waals surface area contributed by atoms with E-state index in [0.717, 1.165) is 5.57 Å². The summed E-state index contributed by atoms with van der Waals surface area (Å²) >= 11 is 0. The minimum absolute atomic E-state index is 0.0261. The Kier molecular flexibility index (Phi) is 18.9. The first kappa shape index (κ1) is 48.5. The van der Waals surface area contributed by atoms with E-state index >= 15 is 0 Å². The molecule has 0 spiro atoms. The first-order chi connectivity index (χ1) is 27.5. The number of fused-ring (bicyclic) bond motifs is 3. The molecule has 0 aromatic rings. The number of Topliss-reactive ketones (excluding diaryl/α,β-unsaturated/α-hetero) is 1. The second-order valence-electron chi connectivity index (χ2n) is 16.6. The third-order valence-electron chi connectivity index (χ3n) is 12.0. The summed E-state index contributed by atoms with van der Waals surface area (Å²) in [5.41, 5.74) is 0.739. The van der Waals surface area contributed by atoms with Gasteiger partial charge in [0.1, 0.15) is 43.7 Å². The van der Waals surface area contributed by atoms with Crippen molar-refractivity contribution in [1.82, 2.24) is 4.90 Å². The van der Waals surface area contributed by atoms with Gasteiger partial charge in [-0.05, 0) is 66.1 Å². The number of carbonyl (C=O) groups is 3. The number of cyclic esters (lactones) is 1. The van der Waals surface area contributed by atoms with E-state index in [1.54, 1.807) is 38.9 Å². The largest absolute Gasteiger partial charge is 0.462 e. The van der Waals surface area contributed by atoms with Crippen molar-refractivity contribution in [1.29, 1.82) is 0 Å². The molecule has 0 amide bonds. The molecule has 3 N–H and O–H groups in total. The molecule has 0 aliphatic carbocycles. The lowest BCUT2D eigenvalue weighted by Gasteiger charge is -2.47. The minimum Gasteiger partial charge on any atom is -0.462 e. The molecule has 4 rings (SSSR count). The van der Waals surface area contributed by atoms with Crippen LogP contribution < -0.4 is 0 Å². The van der Waals surface area contributed by atoms with Crippen LogP contribution in [0.25, 0.3) is 0 Å². The number of allylic oxidation sites excluding steroid dienone is 3. The SMILES string of the molecule is CC[C@H]1OC(=O)C[C@H]2OCC(=O)COCC[C@@H](C[C@@H](C)C(=O)C=CC(C)=C[C@@H]1COC1O[C@H](C)[C@@H](O)[C@@H](OC)[C@H]1OC)[C@H](OC1O[C@H](C)[C@@H](O)[C@H](N(C)C)[C@H]1O)[C@H]2C. The Hall–Kier alpha value is -2.19. The zero-order valence-electron chi connectivity index (χ0n) is 35.9. The molecule has 0 saturated carbocycles. The van der Waals surface area contributed by atoms with Crippen LogP contribution in [0.3, 0.4) is 0 Å². The summed E-state index contributed by atoms with van der Waals surface area (Å²) < 4.78 is 54.5. The van der Waals surface area contributed by atoms with Crippen molar-refractivity contribution in [3.05, 3.63) is 23.8 Å². The predicted octanol–water partition coefficient (Wildman–Crippen LogP) is 1.99. The molecule has 4 heterocycles. The van der Waals surface area contributed by atoms with Crippen LogP contribution in [0.15, 0.2) is 23.8 Å². The molecule has 4 aliphatic heterocycles. The number of ketones is 2. The van der Waals surface area contributed by atoms with Gasteiger partial charge in [0.05, 0.1) is 49.6 Å². The standard InChI is InChI=1S/C42H69NO15/c1-11-31-28(19-54-42-40(51-10)39(50-9)36(48)26(6)56-42)16-22(2)12-13-30(45)23(3)17-27-14-15-52-20-29(44)21-53-32(18-33(46)57-31)24(4)38(27)58-41-37(49)34(43(7)8)35(47)25(5)55-41/h12-13,16,23-28,31-32,34-42,47-49H,11,14-15,17-21H2,1-10H3/t23-,24+,25-,26-,27+,28-,31-,32-,34+,35-,36-,37-,38-,39-,40-,41?,42?/m1/s1. The Labute approximate surface area is 343 Å². The van der Waals surface area contributed by atoms with E-state index < -0.39 is 103 Å². The number of likely N-dealkylation sites (N-methyl/N-ethyl adjacent to an activating group) is 1. The Morgan fingerprint density at radius 3 is 2.19 bits per heavy atom. The van der Waals surface area contributed by atoms with Crippen LogP contribution in [0.2, 0.25) is 0 Å². The van der Waals surface area contributed by atoms with Gasteiger partial charge < -0.3 is 62.9 Å². The van der Waals surface area contributed by atoms with Crippen LogP contribution in [0.4, 0.5) is 0 Å². The van der Waals surface area contributed by atoms with Crippen LogP contribution in [0, 0.1) is 23.7 Å². The van der Waals surface area contributed by atoms with E-state index in [4.69, 9.17) is 42.6 Å². The van der Waals surface area contributed by atoms with E-state index in [-0.39, 0.29) is 50.3 Å². The van der Waals surface area contributed by atoms with Crippen LogP contribution in [-0.4, -0.2) is 172 Å². The highest BCUT2D eigenvalue weighted by molar-refractivity contribution is 5.91. The number of rotatable bonds is 9. The fourth-order valence-corrected chi connectivity index (χ4v) is 8.55. The van der Waals surface area contributed by atoms with Gasteiger partial charge in [-0.25, -0.2) is 0 Å². The first-order valence-corrected chi connectivity index (χ1v) is 20.7. The number of hydrogen-bond acceptors (Lipinski definition) is 16. The fourth-order valence-electron chi connectivity index (χ4n) is 8.55. The molecule has 0 aromatic heterocycles. The maximum Gasteiger partial charge on any atom is 0.308 e. The summed E-state index contributed by atoms with van der Waals surface area (Å²) in [5, 5.41) is 33.1. The Morgan fingerprint density at radius 2 is 1.53 bits per heavy atom. The van der Waals surface area contributed by atoms with E-state index in [0.29, 0.717) is 19.3 Å². The van der Waals surface area contributed by atoms with Gasteiger partial charge in [0.25, 0.3) is 0 Å². The van der Waals surface area contributed by atoms with Crippen LogP contribution in [0.1, 0.15) is 67.2 Å². The monoisotopic (exact) mass is 827 g/mol. The molecule has 0 radical (unpaired) electrons. The number of hydrogen-bond donors (Lipinski definition) is 3. The fraction of sp³-hybridized carbons (Fsp3) is 0.833. The smallest absolute Gasteiger partial charge is 0.308 e. The molecule has 58 heavy (non-hydrogen) atoms. The van der Waals surface area contributed by atoms with Gasteiger partial charge in [-0.1, -0.05) is 38.5 Å². The van der Waals surface area contributed by atoms with Crippen molar-refractivity contribution < 1.29 is 72.3 Å². The van der Waals surface area contributed by atoms with E-state index in [1.165, 1.54) is 20.3 Å². The number of esters is 1. The maximum absolute atomic E-state index is 14.1. The normalized spacial score (nSPS) is 41.9. The van der Waals surface area contributed by atoms with Gasteiger partial charge >= 0.3 is 5.97 Å². The first-order valence-electron chi connectivity index (χ1n) is 20.7. The van der Waals surface area contributed by atoms with Gasteiger partial charge in [0.15, 0.2) is 24.1 Å². The highest BCUT2D eigenvalue weighted by atomic mass is 16.7. The van der Waals surface area contributed by atoms with Crippen LogP contribution in [0.5, 0.6) is 0 Å². The second kappa shape index (κ2) is 22.6. The lowest BCUT2D eigenvalue weighted by molar-refractivity contribution is -0.305. The Bertz CT molecular complexity index is 1390. The van der Waals surface area contributed by atoms with Gasteiger partial charge in [0, 0.05) is 38.6 Å². The quantitative estimate of drug-likeness (QED) is 0.285. The van der Waals surface area contributed by atoms with Gasteiger partial charge in [-0.2, -0.15) is 0 Å². The van der Waals surface area contributed by atoms with E-state index in [1.807, 2.05) is 33.8 Å². The molecule has 332 valence electrons. The van der Waals surface area contributed by atoms with Gasteiger partial charge in [-0.15, -0.1) is 0 Å². The maximum atomic E-state index is 14.1. The predicted molar refractivity (Wildman–Crippen MR) is 209 cm³/mol. The van der Waals surface area contributed by atoms with Crippen molar-refractivity contribution in [2.24, 2.45) is 23.7 Å². The molecular weight excluding hydrogens is 758 g/mol. The van der Waals surface area contributed by atoms with Crippen molar-refractivity contribution in [2.75, 3.05) is 54.7 Å². The summed E-state index contributed by atoms with van der Waals surface area (Å²) in [6, 6.07) is -0.704. The summed E-state index contributed by atoms with van der Waals surface area (Å²) in [4.78, 5) is 42.4. The number of aliphatic hydroxyl groups excluding tert-OH is 3. The molecule has 17 atom stereocenters. The van der Waals surface area contributed by atoms with Crippen molar-refractivity contribution in [2.45, 2.75) is 147 Å². The van der Waals surface area contributed by atoms with Gasteiger partial charge in [0.2, 0.25) is 0 Å². The second-order valence-corrected chi connectivity index (χ2v) is 16.6. The number of aliphatic hydroxyl groups is 3. The summed E-state index contributed by atoms with van der Waals surface area (Å²) in [5.74, 6) is -2.95. The van der Waals surface area contributed by atoms with Crippen LogP contribution >= 0.6 is 0 Å².